The second-order valence-corrected chi connectivity index (χ2v) is 16.9. The molecule has 9 nitrogen and oxygen atoms in total. The monoisotopic (exact) mass is 803 g/mol. The van der Waals surface area contributed by atoms with E-state index in [1.807, 2.05) is 0 Å². The second kappa shape index (κ2) is 42.5. The average Bonchev–Trinajstić information content (AvgIpc) is 3.18. The predicted molar refractivity (Wildman–Crippen MR) is 228 cm³/mol. The molecule has 0 bridgehead atoms. The first kappa shape index (κ1) is 53.9. The van der Waals surface area contributed by atoms with Crippen molar-refractivity contribution in [2.24, 2.45) is 0 Å². The number of aliphatic hydroxyl groups excluding tert-OH is 2. The van der Waals surface area contributed by atoms with Crippen LogP contribution in [0.2, 0.25) is 0 Å². The minimum Gasteiger partial charge on any atom is -0.457 e. The van der Waals surface area contributed by atoms with Crippen molar-refractivity contribution in [3.05, 3.63) is 24.3 Å². The Kier molecular flexibility index (Phi) is 41.7. The Morgan fingerprint density at radius 1 is 0.564 bits per heavy atom. The molecule has 0 aromatic heterocycles. The van der Waals surface area contributed by atoms with E-state index in [2.05, 4.69) is 38.2 Å². The van der Waals surface area contributed by atoms with Crippen molar-refractivity contribution in [1.82, 2.24) is 0 Å². The second-order valence-electron chi connectivity index (χ2n) is 15.4. The lowest BCUT2D eigenvalue weighted by molar-refractivity contribution is -0.154. The van der Waals surface area contributed by atoms with E-state index >= 15 is 0 Å². The molecule has 0 fully saturated rings. The van der Waals surface area contributed by atoms with Crippen molar-refractivity contribution in [2.75, 3.05) is 33.0 Å². The maximum atomic E-state index is 12.6. The SMILES string of the molecule is CCCCCCC/C=C\C/C=C\CCCCCCCCCCCCCCOCC(COP(=O)(O)OCC(O)CO)OC(=O)CCCCCCCCCCCC. The first-order chi connectivity index (χ1) is 26.8. The zero-order valence-corrected chi connectivity index (χ0v) is 36.6. The van der Waals surface area contributed by atoms with Gasteiger partial charge in [0.15, 0.2) is 0 Å². The molecule has 0 saturated carbocycles. The molecule has 3 unspecified atom stereocenters. The van der Waals surface area contributed by atoms with E-state index in [1.165, 1.54) is 148 Å². The number of unbranched alkanes of at least 4 members (excludes halogenated alkanes) is 26. The summed E-state index contributed by atoms with van der Waals surface area (Å²) in [6, 6.07) is 0. The van der Waals surface area contributed by atoms with E-state index in [1.54, 1.807) is 0 Å². The predicted octanol–water partition coefficient (Wildman–Crippen LogP) is 12.6. The number of phosphoric acid groups is 1. The fourth-order valence-corrected chi connectivity index (χ4v) is 7.18. The van der Waals surface area contributed by atoms with Gasteiger partial charge in [-0.1, -0.05) is 186 Å². The topological polar surface area (TPSA) is 132 Å². The van der Waals surface area contributed by atoms with Crippen molar-refractivity contribution in [2.45, 2.75) is 225 Å². The maximum Gasteiger partial charge on any atom is 0.472 e. The number of esters is 1. The molecule has 0 saturated heterocycles. The van der Waals surface area contributed by atoms with Crippen molar-refractivity contribution in [1.29, 1.82) is 0 Å². The van der Waals surface area contributed by atoms with E-state index in [0.717, 1.165) is 44.9 Å². The van der Waals surface area contributed by atoms with Gasteiger partial charge in [0.05, 0.1) is 26.4 Å². The van der Waals surface area contributed by atoms with Gasteiger partial charge < -0.3 is 24.6 Å². The van der Waals surface area contributed by atoms with Crippen molar-refractivity contribution in [3.63, 3.8) is 0 Å². The van der Waals surface area contributed by atoms with E-state index in [9.17, 15) is 19.4 Å². The quantitative estimate of drug-likeness (QED) is 0.0238. The summed E-state index contributed by atoms with van der Waals surface area (Å²) in [5.41, 5.74) is 0. The lowest BCUT2D eigenvalue weighted by atomic mass is 10.0. The molecule has 3 atom stereocenters. The smallest absolute Gasteiger partial charge is 0.457 e. The minimum atomic E-state index is -4.51. The highest BCUT2D eigenvalue weighted by molar-refractivity contribution is 7.47. The summed E-state index contributed by atoms with van der Waals surface area (Å²) in [5, 5.41) is 18.3. The van der Waals surface area contributed by atoms with E-state index in [-0.39, 0.29) is 25.6 Å². The van der Waals surface area contributed by atoms with Crippen LogP contribution in [0.15, 0.2) is 24.3 Å². The van der Waals surface area contributed by atoms with Crippen LogP contribution in [0, 0.1) is 0 Å². The number of phosphoric ester groups is 1. The molecule has 0 aliphatic carbocycles. The summed E-state index contributed by atoms with van der Waals surface area (Å²) in [6.45, 7) is 3.52. The highest BCUT2D eigenvalue weighted by atomic mass is 31.2. The van der Waals surface area contributed by atoms with Crippen LogP contribution in [0.4, 0.5) is 0 Å². The highest BCUT2D eigenvalue weighted by Crippen LogP contribution is 2.43. The minimum absolute atomic E-state index is 0.0523. The zero-order valence-electron chi connectivity index (χ0n) is 35.7. The summed E-state index contributed by atoms with van der Waals surface area (Å²) in [7, 11) is -4.51. The number of hydrogen-bond donors (Lipinski definition) is 3. The first-order valence-corrected chi connectivity index (χ1v) is 24.3. The van der Waals surface area contributed by atoms with E-state index in [0.29, 0.717) is 6.61 Å². The van der Waals surface area contributed by atoms with Crippen LogP contribution >= 0.6 is 7.82 Å². The van der Waals surface area contributed by atoms with Gasteiger partial charge in [-0.3, -0.25) is 13.8 Å². The van der Waals surface area contributed by atoms with E-state index < -0.39 is 33.2 Å². The maximum absolute atomic E-state index is 12.6. The van der Waals surface area contributed by atoms with Gasteiger partial charge in [0.25, 0.3) is 0 Å². The van der Waals surface area contributed by atoms with Gasteiger partial charge in [0, 0.05) is 13.0 Å². The summed E-state index contributed by atoms with van der Waals surface area (Å²) >= 11 is 0. The van der Waals surface area contributed by atoms with Crippen LogP contribution in [0.25, 0.3) is 0 Å². The van der Waals surface area contributed by atoms with Gasteiger partial charge in [-0.05, 0) is 44.9 Å². The Morgan fingerprint density at radius 2 is 0.982 bits per heavy atom. The number of rotatable bonds is 44. The molecule has 0 spiro atoms. The number of allylic oxidation sites excluding steroid dienone is 4. The third-order valence-corrected chi connectivity index (χ3v) is 10.8. The highest BCUT2D eigenvalue weighted by Gasteiger charge is 2.26. The van der Waals surface area contributed by atoms with Gasteiger partial charge in [-0.25, -0.2) is 4.57 Å². The summed E-state index contributed by atoms with van der Waals surface area (Å²) in [5.74, 6) is -0.383. The van der Waals surface area contributed by atoms with Crippen molar-refractivity contribution >= 4 is 13.8 Å². The normalized spacial score (nSPS) is 14.2. The molecule has 0 aromatic rings. The molecular formula is C45H87O9P. The molecule has 0 heterocycles. The summed E-state index contributed by atoms with van der Waals surface area (Å²) in [4.78, 5) is 22.5. The third-order valence-electron chi connectivity index (χ3n) is 9.89. The zero-order chi connectivity index (χ0) is 40.3. The summed E-state index contributed by atoms with van der Waals surface area (Å²) in [6.07, 6.45) is 44.4. The largest absolute Gasteiger partial charge is 0.472 e. The van der Waals surface area contributed by atoms with E-state index in [4.69, 9.17) is 23.6 Å². The molecule has 55 heavy (non-hydrogen) atoms. The van der Waals surface area contributed by atoms with Gasteiger partial charge >= 0.3 is 13.8 Å². The lowest BCUT2D eigenvalue weighted by Crippen LogP contribution is -2.29. The molecule has 3 N–H and O–H groups in total. The molecule has 0 amide bonds. The van der Waals surface area contributed by atoms with Gasteiger partial charge in [0.2, 0.25) is 0 Å². The molecule has 10 heteroatoms. The van der Waals surface area contributed by atoms with Crippen LogP contribution in [0.1, 0.15) is 213 Å². The number of aliphatic hydroxyl groups is 2. The first-order valence-electron chi connectivity index (χ1n) is 22.8. The Morgan fingerprint density at radius 3 is 1.45 bits per heavy atom. The van der Waals surface area contributed by atoms with Crippen LogP contribution in [0.3, 0.4) is 0 Å². The lowest BCUT2D eigenvalue weighted by Gasteiger charge is -2.20. The van der Waals surface area contributed by atoms with Crippen molar-refractivity contribution < 1.29 is 43.0 Å². The van der Waals surface area contributed by atoms with Crippen LogP contribution in [-0.4, -0.2) is 66.3 Å². The molecule has 0 aliphatic heterocycles. The fraction of sp³-hybridized carbons (Fsp3) is 0.889. The van der Waals surface area contributed by atoms with Gasteiger partial charge in [-0.15, -0.1) is 0 Å². The molecule has 0 aliphatic rings. The Balaban J connectivity index is 3.99. The summed E-state index contributed by atoms with van der Waals surface area (Å²) < 4.78 is 33.3. The standard InChI is InChI=1S/C45H87O9P/c1-3-5-7-9-11-13-15-16-17-18-19-20-21-22-23-24-25-26-27-28-30-32-34-36-38-51-41-44(42-53-55(49,50)52-40-43(47)39-46)54-45(48)37-35-33-31-29-14-12-10-8-6-4-2/h15-16,18-19,43-44,46-47H,3-14,17,20-42H2,1-2H3,(H,49,50)/b16-15-,19-18-. The molecular weight excluding hydrogens is 715 g/mol. The van der Waals surface area contributed by atoms with Crippen LogP contribution in [0.5, 0.6) is 0 Å². The number of carbonyl (C=O) groups is 1. The van der Waals surface area contributed by atoms with Crippen LogP contribution in [-0.2, 0) is 27.9 Å². The fourth-order valence-electron chi connectivity index (χ4n) is 6.39. The molecule has 0 aromatic carbocycles. The van der Waals surface area contributed by atoms with Crippen molar-refractivity contribution in [3.8, 4) is 0 Å². The molecule has 0 radical (unpaired) electrons. The average molecular weight is 803 g/mol. The van der Waals surface area contributed by atoms with Gasteiger partial charge in [-0.2, -0.15) is 0 Å². The Hall–Kier alpha value is -1.06. The number of carbonyl (C=O) groups excluding carboxylic acids is 1. The van der Waals surface area contributed by atoms with Gasteiger partial charge in [0.1, 0.15) is 12.2 Å². The third kappa shape index (κ3) is 42.4. The number of ether oxygens (including phenoxy) is 2. The number of hydrogen-bond acceptors (Lipinski definition) is 8. The molecule has 0 rings (SSSR count). The van der Waals surface area contributed by atoms with Crippen LogP contribution < -0.4 is 0 Å². The molecule has 326 valence electrons. The Bertz CT molecular complexity index is 913. The Labute approximate surface area is 338 Å².